The van der Waals surface area contributed by atoms with E-state index in [9.17, 15) is 0 Å². The van der Waals surface area contributed by atoms with Crippen LogP contribution in [0.15, 0.2) is 30.5 Å². The van der Waals surface area contributed by atoms with Crippen molar-refractivity contribution in [3.05, 3.63) is 30.5 Å². The second-order valence-corrected chi connectivity index (χ2v) is 5.55. The fraction of sp³-hybridized carbons (Fsp3) is 0.500. The maximum Gasteiger partial charge on any atom is 0.0573 e. The Kier molecular flexibility index (Phi) is 3.74. The fourth-order valence-electron chi connectivity index (χ4n) is 3.11. The number of nitrogen functional groups attached to an aromatic ring is 1. The van der Waals surface area contributed by atoms with Gasteiger partial charge in [-0.15, -0.1) is 0 Å². The lowest BCUT2D eigenvalue weighted by Crippen LogP contribution is -2.31. The highest BCUT2D eigenvalue weighted by Crippen LogP contribution is 2.23. The van der Waals surface area contributed by atoms with Crippen molar-refractivity contribution in [2.24, 2.45) is 0 Å². The van der Waals surface area contributed by atoms with E-state index in [0.717, 1.165) is 12.2 Å². The standard InChI is InChI=1S/C16H23N3/c17-15-13-19(16-8-3-2-7-14(15)16)12-6-11-18-9-4-1-5-10-18/h2-3,7-8,13H,1,4-6,9-12,17H2. The first-order valence-corrected chi connectivity index (χ1v) is 7.40. The number of para-hydroxylation sites is 1. The van der Waals surface area contributed by atoms with Crippen LogP contribution in [0.1, 0.15) is 25.7 Å². The third-order valence-corrected chi connectivity index (χ3v) is 4.14. The number of fused-ring (bicyclic) bond motifs is 1. The minimum Gasteiger partial charge on any atom is -0.397 e. The Morgan fingerprint density at radius 1 is 1.00 bits per heavy atom. The fourth-order valence-corrected chi connectivity index (χ4v) is 3.11. The number of rotatable bonds is 4. The van der Waals surface area contributed by atoms with Crippen LogP contribution in [0.3, 0.4) is 0 Å². The molecule has 1 saturated heterocycles. The third-order valence-electron chi connectivity index (χ3n) is 4.14. The van der Waals surface area contributed by atoms with E-state index in [-0.39, 0.29) is 0 Å². The minimum absolute atomic E-state index is 0.897. The van der Waals surface area contributed by atoms with Gasteiger partial charge < -0.3 is 15.2 Å². The first-order valence-electron chi connectivity index (χ1n) is 7.40. The molecule has 0 radical (unpaired) electrons. The molecule has 3 rings (SSSR count). The zero-order valence-electron chi connectivity index (χ0n) is 11.5. The zero-order chi connectivity index (χ0) is 13.1. The monoisotopic (exact) mass is 257 g/mol. The van der Waals surface area contributed by atoms with Crippen molar-refractivity contribution in [2.45, 2.75) is 32.2 Å². The van der Waals surface area contributed by atoms with Crippen LogP contribution >= 0.6 is 0 Å². The van der Waals surface area contributed by atoms with Gasteiger partial charge in [-0.3, -0.25) is 0 Å². The summed E-state index contributed by atoms with van der Waals surface area (Å²) in [6, 6.07) is 8.40. The molecule has 0 unspecified atom stereocenters. The maximum atomic E-state index is 6.06. The summed E-state index contributed by atoms with van der Waals surface area (Å²) < 4.78 is 2.30. The van der Waals surface area contributed by atoms with Gasteiger partial charge in [0.15, 0.2) is 0 Å². The number of nitrogens with zero attached hydrogens (tertiary/aromatic N) is 2. The number of hydrogen-bond acceptors (Lipinski definition) is 2. The molecular formula is C16H23N3. The molecule has 2 aromatic rings. The zero-order valence-corrected chi connectivity index (χ0v) is 11.5. The van der Waals surface area contributed by atoms with Gasteiger partial charge in [0.25, 0.3) is 0 Å². The predicted octanol–water partition coefficient (Wildman–Crippen LogP) is 3.10. The third kappa shape index (κ3) is 2.76. The smallest absolute Gasteiger partial charge is 0.0573 e. The van der Waals surface area contributed by atoms with Crippen molar-refractivity contribution in [3.63, 3.8) is 0 Å². The van der Waals surface area contributed by atoms with Gasteiger partial charge in [0.1, 0.15) is 0 Å². The SMILES string of the molecule is Nc1cn(CCCN2CCCCC2)c2ccccc12. The van der Waals surface area contributed by atoms with E-state index in [1.807, 2.05) is 0 Å². The molecule has 0 bridgehead atoms. The van der Waals surface area contributed by atoms with Gasteiger partial charge in [0, 0.05) is 18.1 Å². The van der Waals surface area contributed by atoms with Gasteiger partial charge in [-0.25, -0.2) is 0 Å². The van der Waals surface area contributed by atoms with E-state index < -0.39 is 0 Å². The molecule has 1 fully saturated rings. The summed E-state index contributed by atoms with van der Waals surface area (Å²) in [6.07, 6.45) is 7.45. The number of hydrogen-bond donors (Lipinski definition) is 1. The van der Waals surface area contributed by atoms with Gasteiger partial charge in [-0.05, 0) is 45.0 Å². The molecule has 0 amide bonds. The average molecular weight is 257 g/mol. The lowest BCUT2D eigenvalue weighted by atomic mass is 10.1. The number of benzene rings is 1. The first kappa shape index (κ1) is 12.5. The molecular weight excluding hydrogens is 234 g/mol. The summed E-state index contributed by atoms with van der Waals surface area (Å²) in [5.74, 6) is 0. The predicted molar refractivity (Wildman–Crippen MR) is 81.3 cm³/mol. The summed E-state index contributed by atoms with van der Waals surface area (Å²) in [4.78, 5) is 2.60. The first-order chi connectivity index (χ1) is 9.34. The Morgan fingerprint density at radius 3 is 2.63 bits per heavy atom. The summed E-state index contributed by atoms with van der Waals surface area (Å²) in [7, 11) is 0. The van der Waals surface area contributed by atoms with Crippen molar-refractivity contribution in [3.8, 4) is 0 Å². The molecule has 1 aliphatic heterocycles. The molecule has 2 heterocycles. The molecule has 1 aromatic carbocycles. The maximum absolute atomic E-state index is 6.06. The van der Waals surface area contributed by atoms with Gasteiger partial charge in [0.05, 0.1) is 11.2 Å². The van der Waals surface area contributed by atoms with Crippen molar-refractivity contribution in [2.75, 3.05) is 25.4 Å². The van der Waals surface area contributed by atoms with Crippen LogP contribution in [-0.2, 0) is 6.54 Å². The summed E-state index contributed by atoms with van der Waals surface area (Å²) in [6.45, 7) is 4.85. The van der Waals surface area contributed by atoms with Crippen molar-refractivity contribution >= 4 is 16.6 Å². The molecule has 102 valence electrons. The highest BCUT2D eigenvalue weighted by molar-refractivity contribution is 5.91. The largest absolute Gasteiger partial charge is 0.397 e. The van der Waals surface area contributed by atoms with E-state index in [1.54, 1.807) is 0 Å². The van der Waals surface area contributed by atoms with E-state index in [0.29, 0.717) is 0 Å². The highest BCUT2D eigenvalue weighted by Gasteiger charge is 2.10. The molecule has 2 N–H and O–H groups in total. The van der Waals surface area contributed by atoms with E-state index in [1.165, 1.54) is 56.2 Å². The van der Waals surface area contributed by atoms with E-state index in [2.05, 4.69) is 39.9 Å². The molecule has 0 saturated carbocycles. The number of anilines is 1. The van der Waals surface area contributed by atoms with E-state index >= 15 is 0 Å². The molecule has 0 spiro atoms. The lowest BCUT2D eigenvalue weighted by Gasteiger charge is -2.26. The number of nitrogens with two attached hydrogens (primary N) is 1. The highest BCUT2D eigenvalue weighted by atomic mass is 15.1. The molecule has 3 nitrogen and oxygen atoms in total. The normalized spacial score (nSPS) is 17.1. The second-order valence-electron chi connectivity index (χ2n) is 5.55. The molecule has 0 aliphatic carbocycles. The van der Waals surface area contributed by atoms with Gasteiger partial charge >= 0.3 is 0 Å². The topological polar surface area (TPSA) is 34.2 Å². The van der Waals surface area contributed by atoms with E-state index in [4.69, 9.17) is 5.73 Å². The van der Waals surface area contributed by atoms with Crippen LogP contribution < -0.4 is 5.73 Å². The summed E-state index contributed by atoms with van der Waals surface area (Å²) in [5, 5.41) is 1.18. The molecule has 3 heteroatoms. The molecule has 0 atom stereocenters. The quantitative estimate of drug-likeness (QED) is 0.913. The molecule has 19 heavy (non-hydrogen) atoms. The molecule has 1 aliphatic rings. The Bertz CT molecular complexity index is 538. The lowest BCUT2D eigenvalue weighted by molar-refractivity contribution is 0.223. The summed E-state index contributed by atoms with van der Waals surface area (Å²) >= 11 is 0. The van der Waals surface area contributed by atoms with Crippen LogP contribution in [0.2, 0.25) is 0 Å². The Labute approximate surface area is 115 Å². The number of piperidine rings is 1. The Morgan fingerprint density at radius 2 is 1.79 bits per heavy atom. The van der Waals surface area contributed by atoms with Gasteiger partial charge in [0.2, 0.25) is 0 Å². The van der Waals surface area contributed by atoms with Crippen LogP contribution in [0, 0.1) is 0 Å². The van der Waals surface area contributed by atoms with Crippen LogP contribution in [0.4, 0.5) is 5.69 Å². The van der Waals surface area contributed by atoms with Gasteiger partial charge in [-0.1, -0.05) is 24.6 Å². The van der Waals surface area contributed by atoms with Crippen LogP contribution in [0.5, 0.6) is 0 Å². The Balaban J connectivity index is 1.62. The minimum atomic E-state index is 0.897. The number of likely N-dealkylation sites (tertiary alicyclic amines) is 1. The van der Waals surface area contributed by atoms with Crippen LogP contribution in [0.25, 0.3) is 10.9 Å². The molecule has 1 aromatic heterocycles. The van der Waals surface area contributed by atoms with Gasteiger partial charge in [-0.2, -0.15) is 0 Å². The average Bonchev–Trinajstić information content (AvgIpc) is 2.78. The number of aromatic nitrogens is 1. The van der Waals surface area contributed by atoms with Crippen LogP contribution in [-0.4, -0.2) is 29.1 Å². The van der Waals surface area contributed by atoms with Crippen molar-refractivity contribution in [1.29, 1.82) is 0 Å². The summed E-state index contributed by atoms with van der Waals surface area (Å²) in [5.41, 5.74) is 8.22. The van der Waals surface area contributed by atoms with Crippen molar-refractivity contribution in [1.82, 2.24) is 9.47 Å². The number of aryl methyl sites for hydroxylation is 1. The Hall–Kier alpha value is -1.48. The van der Waals surface area contributed by atoms with Crippen molar-refractivity contribution < 1.29 is 0 Å². The second kappa shape index (κ2) is 5.66.